The molecule has 0 saturated carbocycles. The van der Waals surface area contributed by atoms with Crippen molar-refractivity contribution in [3.8, 4) is 0 Å². The third-order valence-electron chi connectivity index (χ3n) is 5.86. The van der Waals surface area contributed by atoms with Crippen LogP contribution in [0.25, 0.3) is 4.85 Å². The number of benzene rings is 2. The number of nitrogens with zero attached hydrogens (tertiary/aromatic N) is 4. The minimum Gasteiger partial charge on any atom is -0.347 e. The lowest BCUT2D eigenvalue weighted by Crippen LogP contribution is -2.44. The molecule has 7 nitrogen and oxygen atoms in total. The standard InChI is InChI=1S/C26H22FN5O2S/c1-16-13-18(10-11-21(16)28-4)31-24(34)26(2,3)32(25(31)35)19-9-8-17(20(27)14-19)15-30-23(33)22-7-5-6-12-29-22/h5-14H,15H2,1-3H3,(H,30,33). The van der Waals surface area contributed by atoms with Gasteiger partial charge in [0.15, 0.2) is 10.8 Å². The fourth-order valence-electron chi connectivity index (χ4n) is 3.94. The molecule has 3 aromatic rings. The summed E-state index contributed by atoms with van der Waals surface area (Å²) >= 11 is 5.66. The van der Waals surface area contributed by atoms with Crippen molar-refractivity contribution in [2.24, 2.45) is 0 Å². The number of pyridine rings is 1. The quantitative estimate of drug-likeness (QED) is 0.408. The predicted octanol–water partition coefficient (Wildman–Crippen LogP) is 4.93. The van der Waals surface area contributed by atoms with Crippen LogP contribution in [0.15, 0.2) is 60.8 Å². The van der Waals surface area contributed by atoms with Gasteiger partial charge in [0.05, 0.1) is 6.57 Å². The highest BCUT2D eigenvalue weighted by Gasteiger charge is 2.50. The van der Waals surface area contributed by atoms with Gasteiger partial charge in [-0.3, -0.25) is 19.5 Å². The van der Waals surface area contributed by atoms with E-state index >= 15 is 4.39 Å². The monoisotopic (exact) mass is 487 g/mol. The number of aromatic nitrogens is 1. The Morgan fingerprint density at radius 3 is 2.54 bits per heavy atom. The van der Waals surface area contributed by atoms with Crippen molar-refractivity contribution >= 4 is 46.2 Å². The lowest BCUT2D eigenvalue weighted by Gasteiger charge is -2.29. The fraction of sp³-hybridized carbons (Fsp3) is 0.192. The molecule has 1 aliphatic heterocycles. The van der Waals surface area contributed by atoms with Crippen molar-refractivity contribution in [2.75, 3.05) is 9.80 Å². The molecule has 176 valence electrons. The minimum absolute atomic E-state index is 0.0207. The van der Waals surface area contributed by atoms with E-state index in [0.717, 1.165) is 5.56 Å². The molecule has 1 aromatic heterocycles. The maximum absolute atomic E-state index is 15.0. The lowest BCUT2D eigenvalue weighted by atomic mass is 10.0. The molecule has 1 aliphatic rings. The first-order valence-corrected chi connectivity index (χ1v) is 11.2. The van der Waals surface area contributed by atoms with Gasteiger partial charge < -0.3 is 10.2 Å². The fourth-order valence-corrected chi connectivity index (χ4v) is 4.46. The second kappa shape index (κ2) is 9.24. The van der Waals surface area contributed by atoms with Gasteiger partial charge in [-0.2, -0.15) is 0 Å². The molecule has 35 heavy (non-hydrogen) atoms. The van der Waals surface area contributed by atoms with Crippen molar-refractivity contribution in [2.45, 2.75) is 32.9 Å². The summed E-state index contributed by atoms with van der Waals surface area (Å²) < 4.78 is 15.0. The first-order chi connectivity index (χ1) is 16.6. The van der Waals surface area contributed by atoms with Crippen LogP contribution in [-0.2, 0) is 11.3 Å². The molecule has 1 N–H and O–H groups in total. The average Bonchev–Trinajstić information content (AvgIpc) is 3.01. The summed E-state index contributed by atoms with van der Waals surface area (Å²) in [6.45, 7) is 12.5. The topological polar surface area (TPSA) is 69.9 Å². The Morgan fingerprint density at radius 2 is 1.91 bits per heavy atom. The van der Waals surface area contributed by atoms with Crippen LogP contribution in [0.4, 0.5) is 21.5 Å². The number of amides is 2. The van der Waals surface area contributed by atoms with E-state index in [0.29, 0.717) is 17.1 Å². The predicted molar refractivity (Wildman–Crippen MR) is 136 cm³/mol. The minimum atomic E-state index is -1.06. The van der Waals surface area contributed by atoms with E-state index in [1.54, 1.807) is 74.2 Å². The van der Waals surface area contributed by atoms with Crippen LogP contribution in [0.5, 0.6) is 0 Å². The number of carbonyl (C=O) groups is 2. The number of anilines is 2. The van der Waals surface area contributed by atoms with Crippen LogP contribution in [0.1, 0.15) is 35.5 Å². The molecule has 0 unspecified atom stereocenters. The number of rotatable bonds is 5. The van der Waals surface area contributed by atoms with Gasteiger partial charge in [-0.15, -0.1) is 0 Å². The highest BCUT2D eigenvalue weighted by molar-refractivity contribution is 7.81. The summed E-state index contributed by atoms with van der Waals surface area (Å²) in [4.78, 5) is 36.0. The van der Waals surface area contributed by atoms with Crippen molar-refractivity contribution in [1.82, 2.24) is 10.3 Å². The van der Waals surface area contributed by atoms with Gasteiger partial charge in [0.1, 0.15) is 17.1 Å². The van der Waals surface area contributed by atoms with Gasteiger partial charge >= 0.3 is 0 Å². The van der Waals surface area contributed by atoms with Crippen LogP contribution in [0.2, 0.25) is 0 Å². The van der Waals surface area contributed by atoms with Crippen LogP contribution in [0, 0.1) is 19.3 Å². The number of aryl methyl sites for hydroxylation is 1. The zero-order valence-corrected chi connectivity index (χ0v) is 20.2. The van der Waals surface area contributed by atoms with Gasteiger partial charge in [-0.1, -0.05) is 18.2 Å². The Labute approximate surface area is 208 Å². The molecule has 0 bridgehead atoms. The van der Waals surface area contributed by atoms with Gasteiger partial charge in [0, 0.05) is 29.7 Å². The molecule has 0 radical (unpaired) electrons. The van der Waals surface area contributed by atoms with Crippen LogP contribution in [-0.4, -0.2) is 27.4 Å². The molecule has 1 fully saturated rings. The zero-order valence-electron chi connectivity index (χ0n) is 19.4. The van der Waals surface area contributed by atoms with E-state index in [4.69, 9.17) is 18.8 Å². The Hall–Kier alpha value is -4.16. The number of carbonyl (C=O) groups excluding carboxylic acids is 2. The first-order valence-electron chi connectivity index (χ1n) is 10.8. The largest absolute Gasteiger partial charge is 0.347 e. The van der Waals surface area contributed by atoms with E-state index < -0.39 is 17.3 Å². The number of halogens is 1. The summed E-state index contributed by atoms with van der Waals surface area (Å²) in [6, 6.07) is 14.6. The van der Waals surface area contributed by atoms with Crippen molar-refractivity contribution in [3.05, 3.63) is 94.8 Å². The number of hydrogen-bond donors (Lipinski definition) is 1. The second-order valence-electron chi connectivity index (χ2n) is 8.57. The van der Waals surface area contributed by atoms with Crippen molar-refractivity contribution in [1.29, 1.82) is 0 Å². The Kier molecular flexibility index (Phi) is 6.33. The summed E-state index contributed by atoms with van der Waals surface area (Å²) in [5.41, 5.74) is 1.66. The molecule has 2 aromatic carbocycles. The maximum atomic E-state index is 15.0. The molecule has 1 saturated heterocycles. The molecule has 4 rings (SSSR count). The highest BCUT2D eigenvalue weighted by Crippen LogP contribution is 2.38. The molecular formula is C26H22FN5O2S. The second-order valence-corrected chi connectivity index (χ2v) is 8.94. The smallest absolute Gasteiger partial charge is 0.270 e. The third kappa shape index (κ3) is 4.36. The summed E-state index contributed by atoms with van der Waals surface area (Å²) in [5.74, 6) is -1.20. The Balaban J connectivity index is 1.58. The number of nitrogens with one attached hydrogen (secondary N) is 1. The molecule has 9 heteroatoms. The SMILES string of the molecule is [C-]#[N+]c1ccc(N2C(=O)C(C)(C)N(c3ccc(CNC(=O)c4ccccn4)c(F)c3)C2=S)cc1C. The van der Waals surface area contributed by atoms with E-state index in [1.165, 1.54) is 17.2 Å². The number of hydrogen-bond acceptors (Lipinski definition) is 4. The summed E-state index contributed by atoms with van der Waals surface area (Å²) in [5, 5.41) is 2.87. The zero-order chi connectivity index (χ0) is 25.3. The Morgan fingerprint density at radius 1 is 1.17 bits per heavy atom. The van der Waals surface area contributed by atoms with Crippen LogP contribution in [0.3, 0.4) is 0 Å². The molecule has 0 spiro atoms. The molecule has 2 amide bonds. The van der Waals surface area contributed by atoms with Gasteiger partial charge in [0.25, 0.3) is 11.8 Å². The lowest BCUT2D eigenvalue weighted by molar-refractivity contribution is -0.120. The third-order valence-corrected chi connectivity index (χ3v) is 6.22. The Bertz CT molecular complexity index is 1380. The van der Waals surface area contributed by atoms with Crippen molar-refractivity contribution in [3.63, 3.8) is 0 Å². The summed E-state index contributed by atoms with van der Waals surface area (Å²) in [7, 11) is 0. The van der Waals surface area contributed by atoms with E-state index in [9.17, 15) is 9.59 Å². The van der Waals surface area contributed by atoms with Gasteiger partial charge in [0.2, 0.25) is 0 Å². The number of thiocarbonyl (C=S) groups is 1. The average molecular weight is 488 g/mol. The van der Waals surface area contributed by atoms with Gasteiger partial charge in [-0.05, 0) is 75.0 Å². The van der Waals surface area contributed by atoms with E-state index in [2.05, 4.69) is 15.1 Å². The van der Waals surface area contributed by atoms with Crippen LogP contribution < -0.4 is 15.1 Å². The molecule has 2 heterocycles. The van der Waals surface area contributed by atoms with Crippen LogP contribution >= 0.6 is 12.2 Å². The normalized spacial score (nSPS) is 14.7. The maximum Gasteiger partial charge on any atom is 0.270 e. The highest BCUT2D eigenvalue weighted by atomic mass is 32.1. The van der Waals surface area contributed by atoms with E-state index in [-0.39, 0.29) is 28.8 Å². The molecular weight excluding hydrogens is 465 g/mol. The summed E-state index contributed by atoms with van der Waals surface area (Å²) in [6.07, 6.45) is 1.51. The van der Waals surface area contributed by atoms with Gasteiger partial charge in [-0.25, -0.2) is 9.24 Å². The first kappa shape index (κ1) is 24.0. The molecule has 0 aliphatic carbocycles. The molecule has 0 atom stereocenters. The van der Waals surface area contributed by atoms with E-state index in [1.807, 2.05) is 0 Å². The van der Waals surface area contributed by atoms with Crippen molar-refractivity contribution < 1.29 is 14.0 Å².